The minimum atomic E-state index is -4.72. The molecule has 1 aromatic carbocycles. The first kappa shape index (κ1) is 29.3. The number of anilines is 2. The van der Waals surface area contributed by atoms with E-state index >= 15 is 0 Å². The van der Waals surface area contributed by atoms with Crippen molar-refractivity contribution in [2.24, 2.45) is 0 Å². The quantitative estimate of drug-likeness (QED) is 0.226. The van der Waals surface area contributed by atoms with Crippen LogP contribution >= 0.6 is 22.7 Å². The Hall–Kier alpha value is -4.16. The fraction of sp³-hybridized carbons (Fsp3) is 0.370. The zero-order valence-corrected chi connectivity index (χ0v) is 23.7. The molecule has 0 aliphatic heterocycles. The van der Waals surface area contributed by atoms with Crippen molar-refractivity contribution in [2.45, 2.75) is 56.7 Å². The number of carbonyl (C=O) groups is 1. The predicted molar refractivity (Wildman–Crippen MR) is 150 cm³/mol. The number of carbonyl (C=O) groups excluding carboxylic acids is 1. The van der Waals surface area contributed by atoms with Crippen LogP contribution in [0.1, 0.15) is 64.5 Å². The Kier molecular flexibility index (Phi) is 9.23. The van der Waals surface area contributed by atoms with Crippen molar-refractivity contribution in [3.8, 4) is 11.8 Å². The molecule has 0 bridgehead atoms. The third-order valence-corrected chi connectivity index (χ3v) is 8.63. The molecule has 0 unspecified atom stereocenters. The first-order valence-corrected chi connectivity index (χ1v) is 14.8. The highest BCUT2D eigenvalue weighted by atomic mass is 32.1. The third kappa shape index (κ3) is 8.20. The van der Waals surface area contributed by atoms with E-state index in [-0.39, 0.29) is 35.6 Å². The molecule has 4 aromatic rings. The number of nitriles is 1. The number of amides is 1. The molecule has 0 spiro atoms. The van der Waals surface area contributed by atoms with Gasteiger partial charge in [-0.1, -0.05) is 47.3 Å². The lowest BCUT2D eigenvalue weighted by molar-refractivity contribution is -0.274. The Bertz CT molecular complexity index is 1570. The van der Waals surface area contributed by atoms with Gasteiger partial charge in [-0.2, -0.15) is 5.26 Å². The van der Waals surface area contributed by atoms with Crippen LogP contribution in [0.3, 0.4) is 0 Å². The second kappa shape index (κ2) is 13.2. The zero-order chi connectivity index (χ0) is 29.5. The van der Waals surface area contributed by atoms with Gasteiger partial charge in [0.1, 0.15) is 27.5 Å². The van der Waals surface area contributed by atoms with Crippen LogP contribution in [0.2, 0.25) is 0 Å². The summed E-state index contributed by atoms with van der Waals surface area (Å²) in [5.41, 5.74) is 1.47. The lowest BCUT2D eigenvalue weighted by Gasteiger charge is -2.25. The number of rotatable bonds is 10. The van der Waals surface area contributed by atoms with E-state index in [1.807, 2.05) is 6.07 Å². The number of hydrogen-bond donors (Lipinski definition) is 2. The van der Waals surface area contributed by atoms with Gasteiger partial charge in [-0.15, -0.1) is 33.6 Å². The number of aromatic nitrogens is 5. The molecule has 2 atom stereocenters. The van der Waals surface area contributed by atoms with Gasteiger partial charge in [0.2, 0.25) is 16.2 Å². The van der Waals surface area contributed by atoms with Gasteiger partial charge in [0.05, 0.1) is 12.1 Å². The number of ether oxygens (including phenoxy) is 1. The Morgan fingerprint density at radius 1 is 1.02 bits per heavy atom. The molecule has 0 radical (unpaired) electrons. The van der Waals surface area contributed by atoms with E-state index in [0.29, 0.717) is 34.5 Å². The lowest BCUT2D eigenvalue weighted by Crippen LogP contribution is -2.17. The monoisotopic (exact) mass is 614 g/mol. The number of halogens is 3. The van der Waals surface area contributed by atoms with Crippen molar-refractivity contribution in [3.05, 3.63) is 69.4 Å². The van der Waals surface area contributed by atoms with E-state index in [4.69, 9.17) is 5.26 Å². The van der Waals surface area contributed by atoms with Gasteiger partial charge < -0.3 is 15.4 Å². The van der Waals surface area contributed by atoms with Crippen LogP contribution in [0.15, 0.2) is 42.5 Å². The molecule has 1 saturated carbocycles. The SMILES string of the molecule is N#Cc1cccc(CC(=O)Nc2nnc([C@H]3CCC[C@H](c4nnc(NCCc5cccc(OC(F)(F)F)c5)s4)C3)s2)n1. The highest BCUT2D eigenvalue weighted by Gasteiger charge is 2.31. The summed E-state index contributed by atoms with van der Waals surface area (Å²) in [4.78, 5) is 16.6. The average Bonchev–Trinajstić information content (AvgIpc) is 3.63. The maximum atomic E-state index is 12.5. The molecule has 218 valence electrons. The first-order chi connectivity index (χ1) is 20.2. The molecule has 10 nitrogen and oxygen atoms in total. The van der Waals surface area contributed by atoms with E-state index in [2.05, 4.69) is 40.7 Å². The lowest BCUT2D eigenvalue weighted by atomic mass is 9.82. The molecule has 1 aliphatic rings. The summed E-state index contributed by atoms with van der Waals surface area (Å²) >= 11 is 2.84. The molecular formula is C27H25F3N8O2S2. The van der Waals surface area contributed by atoms with Crippen molar-refractivity contribution < 1.29 is 22.7 Å². The molecule has 2 N–H and O–H groups in total. The van der Waals surface area contributed by atoms with Crippen LogP contribution in [0, 0.1) is 11.3 Å². The Balaban J connectivity index is 1.11. The van der Waals surface area contributed by atoms with Gasteiger partial charge in [0.25, 0.3) is 0 Å². The summed E-state index contributed by atoms with van der Waals surface area (Å²) in [6, 6.07) is 12.8. The fourth-order valence-corrected chi connectivity index (χ4v) is 6.56. The first-order valence-electron chi connectivity index (χ1n) is 13.2. The zero-order valence-electron chi connectivity index (χ0n) is 22.1. The van der Waals surface area contributed by atoms with Gasteiger partial charge in [0.15, 0.2) is 0 Å². The highest BCUT2D eigenvalue weighted by molar-refractivity contribution is 7.15. The van der Waals surface area contributed by atoms with Crippen molar-refractivity contribution in [2.75, 3.05) is 17.2 Å². The standard InChI is InChI=1S/C27H25F3N8O2S2/c28-27(29,30)40-21-9-1-4-16(12-21)10-11-32-25-37-35-23(41-25)17-5-2-6-18(13-17)24-36-38-26(42-24)34-22(39)14-19-7-3-8-20(15-31)33-19/h1,3-4,7-9,12,17-18H,2,5-6,10-11,13-14H2,(H,32,37)(H,34,38,39)/t17-,18-/m0/s1. The molecule has 42 heavy (non-hydrogen) atoms. The van der Waals surface area contributed by atoms with E-state index < -0.39 is 6.36 Å². The van der Waals surface area contributed by atoms with Gasteiger partial charge in [-0.05, 0) is 55.5 Å². The topological polar surface area (TPSA) is 139 Å². The predicted octanol–water partition coefficient (Wildman–Crippen LogP) is 5.83. The third-order valence-electron chi connectivity index (χ3n) is 6.59. The summed E-state index contributed by atoms with van der Waals surface area (Å²) in [6.07, 6.45) is -0.419. The van der Waals surface area contributed by atoms with Gasteiger partial charge >= 0.3 is 6.36 Å². The van der Waals surface area contributed by atoms with Crippen LogP contribution in [-0.4, -0.2) is 44.2 Å². The molecule has 0 saturated heterocycles. The molecule has 15 heteroatoms. The fourth-order valence-electron chi connectivity index (χ4n) is 4.74. The van der Waals surface area contributed by atoms with Crippen molar-refractivity contribution in [3.63, 3.8) is 0 Å². The second-order valence-corrected chi connectivity index (χ2v) is 11.7. The Labute approximate surface area is 247 Å². The van der Waals surface area contributed by atoms with Crippen molar-refractivity contribution in [1.82, 2.24) is 25.4 Å². The second-order valence-electron chi connectivity index (χ2n) is 9.67. The van der Waals surface area contributed by atoms with Crippen LogP contribution in [-0.2, 0) is 17.6 Å². The van der Waals surface area contributed by atoms with Gasteiger partial charge in [0, 0.05) is 18.4 Å². The van der Waals surface area contributed by atoms with Crippen LogP contribution in [0.25, 0.3) is 0 Å². The summed E-state index contributed by atoms with van der Waals surface area (Å²) in [7, 11) is 0. The number of hydrogen-bond acceptors (Lipinski definition) is 11. The highest BCUT2D eigenvalue weighted by Crippen LogP contribution is 2.43. The van der Waals surface area contributed by atoms with E-state index in [1.54, 1.807) is 24.3 Å². The normalized spacial score (nSPS) is 16.9. The maximum absolute atomic E-state index is 12.5. The maximum Gasteiger partial charge on any atom is 0.573 e. The summed E-state index contributed by atoms with van der Waals surface area (Å²) in [5, 5.41) is 35.0. The number of alkyl halides is 3. The molecule has 1 aliphatic carbocycles. The van der Waals surface area contributed by atoms with E-state index in [0.717, 1.165) is 35.7 Å². The molecular weight excluding hydrogens is 589 g/mol. The molecule has 5 rings (SSSR count). The number of pyridine rings is 1. The molecule has 3 aromatic heterocycles. The number of benzene rings is 1. The average molecular weight is 615 g/mol. The number of nitrogens with one attached hydrogen (secondary N) is 2. The largest absolute Gasteiger partial charge is 0.573 e. The minimum absolute atomic E-state index is 0.0300. The van der Waals surface area contributed by atoms with Gasteiger partial charge in [-0.25, -0.2) is 4.98 Å². The van der Waals surface area contributed by atoms with Crippen LogP contribution < -0.4 is 15.4 Å². The molecule has 3 heterocycles. The number of nitrogens with zero attached hydrogens (tertiary/aromatic N) is 6. The van der Waals surface area contributed by atoms with Crippen molar-refractivity contribution in [1.29, 1.82) is 5.26 Å². The Morgan fingerprint density at radius 3 is 2.48 bits per heavy atom. The van der Waals surface area contributed by atoms with Gasteiger partial charge in [-0.3, -0.25) is 4.79 Å². The molecule has 1 fully saturated rings. The van der Waals surface area contributed by atoms with Crippen molar-refractivity contribution >= 4 is 38.8 Å². The van der Waals surface area contributed by atoms with E-state index in [1.165, 1.54) is 40.9 Å². The molecule has 1 amide bonds. The van der Waals surface area contributed by atoms with E-state index in [9.17, 15) is 18.0 Å². The summed E-state index contributed by atoms with van der Waals surface area (Å²) < 4.78 is 41.4. The van der Waals surface area contributed by atoms with Crippen LogP contribution in [0.4, 0.5) is 23.4 Å². The Morgan fingerprint density at radius 2 is 1.74 bits per heavy atom. The smallest absolute Gasteiger partial charge is 0.406 e. The van der Waals surface area contributed by atoms with Crippen LogP contribution in [0.5, 0.6) is 5.75 Å². The summed E-state index contributed by atoms with van der Waals surface area (Å²) in [5.74, 6) is -0.117. The minimum Gasteiger partial charge on any atom is -0.406 e. The summed E-state index contributed by atoms with van der Waals surface area (Å²) in [6.45, 7) is 0.483.